The van der Waals surface area contributed by atoms with Gasteiger partial charge in [0.05, 0.1) is 0 Å². The Morgan fingerprint density at radius 1 is 0.675 bits per heavy atom. The zero-order chi connectivity index (χ0) is 28.2. The van der Waals surface area contributed by atoms with E-state index >= 15 is 8.78 Å². The molecule has 3 aromatic carbocycles. The highest BCUT2D eigenvalue weighted by molar-refractivity contribution is 5.74. The molecule has 3 aromatic rings. The summed E-state index contributed by atoms with van der Waals surface area (Å²) < 4.78 is 59.0. The molecule has 4 heteroatoms. The van der Waals surface area contributed by atoms with Crippen LogP contribution in [0.2, 0.25) is 0 Å². The Balaban J connectivity index is 1.25. The Morgan fingerprint density at radius 3 is 1.85 bits per heavy atom. The van der Waals surface area contributed by atoms with Crippen LogP contribution in [-0.4, -0.2) is 0 Å². The molecule has 1 fully saturated rings. The lowest BCUT2D eigenvalue weighted by Gasteiger charge is -2.35. The lowest BCUT2D eigenvalue weighted by molar-refractivity contribution is 0.190. The minimum absolute atomic E-state index is 0.136. The Morgan fingerprint density at radius 2 is 1.25 bits per heavy atom. The molecule has 210 valence electrons. The molecule has 0 N–H and O–H groups in total. The van der Waals surface area contributed by atoms with Crippen LogP contribution in [-0.2, 0) is 0 Å². The van der Waals surface area contributed by atoms with Crippen molar-refractivity contribution in [3.8, 4) is 22.3 Å². The minimum atomic E-state index is -0.912. The van der Waals surface area contributed by atoms with Gasteiger partial charge in [0.15, 0.2) is 23.3 Å². The van der Waals surface area contributed by atoms with Crippen LogP contribution in [0.1, 0.15) is 75.8 Å². The molecule has 0 amide bonds. The van der Waals surface area contributed by atoms with Gasteiger partial charge in [0, 0.05) is 16.7 Å². The van der Waals surface area contributed by atoms with Crippen LogP contribution in [0, 0.1) is 47.9 Å². The maximum atomic E-state index is 15.3. The second kappa shape index (κ2) is 12.6. The Bertz CT molecular complexity index is 1390. The summed E-state index contributed by atoms with van der Waals surface area (Å²) in [6.07, 6.45) is 16.9. The number of rotatable bonds is 7. The third-order valence-electron chi connectivity index (χ3n) is 9.20. The van der Waals surface area contributed by atoms with Gasteiger partial charge in [-0.25, -0.2) is 17.6 Å². The van der Waals surface area contributed by atoms with Crippen LogP contribution in [0.15, 0.2) is 66.8 Å². The fraction of sp³-hybridized carbons (Fsp3) is 0.389. The summed E-state index contributed by atoms with van der Waals surface area (Å²) in [4.78, 5) is 0. The van der Waals surface area contributed by atoms with Crippen molar-refractivity contribution < 1.29 is 17.6 Å². The second-order valence-electron chi connectivity index (χ2n) is 11.6. The first-order valence-electron chi connectivity index (χ1n) is 14.7. The highest BCUT2D eigenvalue weighted by Gasteiger charge is 2.29. The molecule has 2 aliphatic carbocycles. The minimum Gasteiger partial charge on any atom is -0.203 e. The molecule has 0 aliphatic heterocycles. The standard InChI is InChI=1S/C36H38F4/c1-3-4-5-6-24-8-10-25(11-9-24)26-12-14-27(15-13-26)31-21-22-32(36(40)35(31)39)29-18-16-28(17-19-29)30-20-7-23(2)33(37)34(30)38/h3-4,7,14,16-22,24-26H,5-6,8-13,15H2,1-2H3. The van der Waals surface area contributed by atoms with Crippen molar-refractivity contribution >= 4 is 5.57 Å². The van der Waals surface area contributed by atoms with Crippen LogP contribution in [0.4, 0.5) is 17.6 Å². The normalized spacial score (nSPS) is 21.6. The van der Waals surface area contributed by atoms with Gasteiger partial charge in [-0.3, -0.25) is 0 Å². The van der Waals surface area contributed by atoms with E-state index in [0.717, 1.165) is 36.7 Å². The summed E-state index contributed by atoms with van der Waals surface area (Å²) in [6.45, 7) is 3.59. The molecule has 0 radical (unpaired) electrons. The molecule has 0 nitrogen and oxygen atoms in total. The van der Waals surface area contributed by atoms with Crippen molar-refractivity contribution in [3.05, 3.63) is 101 Å². The Hall–Kier alpha value is -3.14. The summed E-state index contributed by atoms with van der Waals surface area (Å²) >= 11 is 0. The van der Waals surface area contributed by atoms with E-state index in [1.54, 1.807) is 36.4 Å². The lowest BCUT2D eigenvalue weighted by atomic mass is 9.70. The van der Waals surface area contributed by atoms with Gasteiger partial charge in [0.25, 0.3) is 0 Å². The topological polar surface area (TPSA) is 0 Å². The third-order valence-corrected chi connectivity index (χ3v) is 9.20. The van der Waals surface area contributed by atoms with Crippen molar-refractivity contribution in [1.82, 2.24) is 0 Å². The van der Waals surface area contributed by atoms with Crippen molar-refractivity contribution in [2.75, 3.05) is 0 Å². The summed E-state index contributed by atoms with van der Waals surface area (Å²) in [5.41, 5.74) is 2.73. The van der Waals surface area contributed by atoms with Crippen LogP contribution < -0.4 is 0 Å². The first-order valence-corrected chi connectivity index (χ1v) is 14.7. The van der Waals surface area contributed by atoms with E-state index in [1.165, 1.54) is 57.6 Å². The number of hydrogen-bond acceptors (Lipinski definition) is 0. The monoisotopic (exact) mass is 546 g/mol. The van der Waals surface area contributed by atoms with Crippen molar-refractivity contribution in [2.24, 2.45) is 17.8 Å². The van der Waals surface area contributed by atoms with Crippen LogP contribution in [0.25, 0.3) is 27.8 Å². The molecule has 1 saturated carbocycles. The highest BCUT2D eigenvalue weighted by Crippen LogP contribution is 2.43. The maximum Gasteiger partial charge on any atom is 0.167 e. The maximum absolute atomic E-state index is 15.3. The van der Waals surface area contributed by atoms with Crippen LogP contribution >= 0.6 is 0 Å². The summed E-state index contributed by atoms with van der Waals surface area (Å²) in [5, 5.41) is 0. The summed E-state index contributed by atoms with van der Waals surface area (Å²) in [5.74, 6) is -1.26. The predicted molar refractivity (Wildman–Crippen MR) is 157 cm³/mol. The lowest BCUT2D eigenvalue weighted by Crippen LogP contribution is -2.23. The van der Waals surface area contributed by atoms with E-state index in [-0.39, 0.29) is 16.7 Å². The van der Waals surface area contributed by atoms with E-state index < -0.39 is 23.3 Å². The quantitative estimate of drug-likeness (QED) is 0.204. The van der Waals surface area contributed by atoms with Gasteiger partial charge < -0.3 is 0 Å². The fourth-order valence-corrected chi connectivity index (χ4v) is 6.69. The molecule has 0 bridgehead atoms. The molecule has 0 heterocycles. The molecule has 40 heavy (non-hydrogen) atoms. The van der Waals surface area contributed by atoms with Gasteiger partial charge in [-0.2, -0.15) is 0 Å². The van der Waals surface area contributed by atoms with E-state index in [2.05, 4.69) is 25.2 Å². The number of aryl methyl sites for hydroxylation is 1. The van der Waals surface area contributed by atoms with Gasteiger partial charge in [0.2, 0.25) is 0 Å². The largest absolute Gasteiger partial charge is 0.203 e. The molecule has 0 aromatic heterocycles. The van der Waals surface area contributed by atoms with E-state index in [1.807, 2.05) is 0 Å². The summed E-state index contributed by atoms with van der Waals surface area (Å²) in [7, 11) is 0. The van der Waals surface area contributed by atoms with Crippen LogP contribution in [0.3, 0.4) is 0 Å². The van der Waals surface area contributed by atoms with Gasteiger partial charge in [0.1, 0.15) is 0 Å². The Kier molecular flexibility index (Phi) is 8.93. The Labute approximate surface area is 235 Å². The van der Waals surface area contributed by atoms with E-state index in [0.29, 0.717) is 22.6 Å². The van der Waals surface area contributed by atoms with Gasteiger partial charge in [-0.05, 0) is 98.8 Å². The molecular formula is C36H38F4. The number of hydrogen-bond donors (Lipinski definition) is 0. The van der Waals surface area contributed by atoms with Crippen molar-refractivity contribution in [3.63, 3.8) is 0 Å². The SMILES string of the molecule is CC=CCCC1CCC(C2CC=C(c3ccc(-c4ccc(-c5ccc(C)c(F)c5F)cc4)c(F)c3F)CC2)CC1. The third kappa shape index (κ3) is 5.96. The number of allylic oxidation sites excluding steroid dienone is 4. The molecule has 5 rings (SSSR count). The average molecular weight is 547 g/mol. The number of halogens is 4. The molecule has 0 saturated heterocycles. The smallest absolute Gasteiger partial charge is 0.167 e. The molecular weight excluding hydrogens is 508 g/mol. The van der Waals surface area contributed by atoms with Gasteiger partial charge in [-0.1, -0.05) is 79.6 Å². The summed E-state index contributed by atoms with van der Waals surface area (Å²) in [6, 6.07) is 12.8. The molecule has 2 aliphatic rings. The predicted octanol–water partition coefficient (Wildman–Crippen LogP) is 11.2. The highest BCUT2D eigenvalue weighted by atomic mass is 19.2. The molecule has 1 atom stereocenters. The van der Waals surface area contributed by atoms with E-state index in [4.69, 9.17) is 0 Å². The molecule has 0 spiro atoms. The van der Waals surface area contributed by atoms with Gasteiger partial charge in [-0.15, -0.1) is 0 Å². The average Bonchev–Trinajstić information content (AvgIpc) is 2.98. The van der Waals surface area contributed by atoms with Crippen molar-refractivity contribution in [2.45, 2.75) is 71.6 Å². The van der Waals surface area contributed by atoms with Crippen molar-refractivity contribution in [1.29, 1.82) is 0 Å². The van der Waals surface area contributed by atoms with E-state index in [9.17, 15) is 8.78 Å². The van der Waals surface area contributed by atoms with Crippen LogP contribution in [0.5, 0.6) is 0 Å². The fourth-order valence-electron chi connectivity index (χ4n) is 6.69. The second-order valence-corrected chi connectivity index (χ2v) is 11.6. The van der Waals surface area contributed by atoms with Gasteiger partial charge >= 0.3 is 0 Å². The first-order chi connectivity index (χ1) is 19.4. The zero-order valence-corrected chi connectivity index (χ0v) is 23.5. The molecule has 1 unspecified atom stereocenters. The zero-order valence-electron chi connectivity index (χ0n) is 23.5. The first kappa shape index (κ1) is 28.4. The number of benzene rings is 3.